The number of hydrogen-bond donors (Lipinski definition) is 0. The lowest BCUT2D eigenvalue weighted by atomic mass is 10.2. The molecule has 100 valence electrons. The van der Waals surface area contributed by atoms with E-state index in [1.807, 2.05) is 0 Å². The maximum absolute atomic E-state index is 5.48. The van der Waals surface area contributed by atoms with E-state index in [2.05, 4.69) is 13.8 Å². The zero-order chi connectivity index (χ0) is 12.5. The standard InChI is InChI=1S/2C7H15Cl/c2*1-2-3-4-5-6-7-8/h2*2-7H2,1H3. The van der Waals surface area contributed by atoms with Crippen molar-refractivity contribution in [2.45, 2.75) is 78.1 Å². The van der Waals surface area contributed by atoms with Crippen LogP contribution >= 0.6 is 23.2 Å². The average Bonchev–Trinajstić information content (AvgIpc) is 2.31. The first kappa shape index (κ1) is 18.9. The van der Waals surface area contributed by atoms with Gasteiger partial charge in [0.05, 0.1) is 0 Å². The van der Waals surface area contributed by atoms with Gasteiger partial charge in [0.15, 0.2) is 0 Å². The van der Waals surface area contributed by atoms with Gasteiger partial charge < -0.3 is 0 Å². The highest BCUT2D eigenvalue weighted by Crippen LogP contribution is 2.02. The quantitative estimate of drug-likeness (QED) is 0.318. The third kappa shape index (κ3) is 24.0. The van der Waals surface area contributed by atoms with Crippen LogP contribution in [0.2, 0.25) is 0 Å². The highest BCUT2D eigenvalue weighted by Gasteiger charge is 1.84. The molecule has 0 radical (unpaired) electrons. The van der Waals surface area contributed by atoms with Crippen molar-refractivity contribution in [3.8, 4) is 0 Å². The Morgan fingerprint density at radius 3 is 1.06 bits per heavy atom. The van der Waals surface area contributed by atoms with Gasteiger partial charge in [-0.25, -0.2) is 0 Å². The summed E-state index contributed by atoms with van der Waals surface area (Å²) < 4.78 is 0. The molecular formula is C14H30Cl2. The molecule has 0 bridgehead atoms. The number of alkyl halides is 2. The fraction of sp³-hybridized carbons (Fsp3) is 1.00. The van der Waals surface area contributed by atoms with E-state index < -0.39 is 0 Å². The SMILES string of the molecule is CCCCCCCCl.CCCCCCCCl. The summed E-state index contributed by atoms with van der Waals surface area (Å²) in [5, 5.41) is 0. The molecule has 0 spiro atoms. The Labute approximate surface area is 113 Å². The van der Waals surface area contributed by atoms with Gasteiger partial charge in [0.2, 0.25) is 0 Å². The second-order valence-electron chi connectivity index (χ2n) is 4.21. The van der Waals surface area contributed by atoms with E-state index in [-0.39, 0.29) is 0 Å². The molecule has 0 amide bonds. The smallest absolute Gasteiger partial charge is 0.0223 e. The van der Waals surface area contributed by atoms with Gasteiger partial charge in [-0.1, -0.05) is 65.2 Å². The van der Waals surface area contributed by atoms with Crippen LogP contribution < -0.4 is 0 Å². The summed E-state index contributed by atoms with van der Waals surface area (Å²) in [4.78, 5) is 0. The minimum atomic E-state index is 0.837. The van der Waals surface area contributed by atoms with Crippen molar-refractivity contribution < 1.29 is 0 Å². The average molecular weight is 269 g/mol. The first-order chi connectivity index (χ1) is 7.83. The Morgan fingerprint density at radius 2 is 0.812 bits per heavy atom. The van der Waals surface area contributed by atoms with Gasteiger partial charge >= 0.3 is 0 Å². The number of unbranched alkanes of at least 4 members (excludes halogenated alkanes) is 8. The van der Waals surface area contributed by atoms with Crippen LogP contribution in [-0.2, 0) is 0 Å². The normalized spacial score (nSPS) is 9.75. The highest BCUT2D eigenvalue weighted by molar-refractivity contribution is 6.18. The summed E-state index contributed by atoms with van der Waals surface area (Å²) in [6.07, 6.45) is 13.1. The van der Waals surface area contributed by atoms with Gasteiger partial charge in [0.25, 0.3) is 0 Å². The molecule has 0 aliphatic carbocycles. The van der Waals surface area contributed by atoms with Crippen molar-refractivity contribution in [3.05, 3.63) is 0 Å². The lowest BCUT2D eigenvalue weighted by Crippen LogP contribution is -1.76. The van der Waals surface area contributed by atoms with Crippen molar-refractivity contribution in [2.75, 3.05) is 11.8 Å². The maximum Gasteiger partial charge on any atom is 0.0223 e. The van der Waals surface area contributed by atoms with E-state index in [0.717, 1.165) is 11.8 Å². The molecule has 0 aliphatic heterocycles. The van der Waals surface area contributed by atoms with E-state index in [1.54, 1.807) is 0 Å². The van der Waals surface area contributed by atoms with Crippen LogP contribution in [0.1, 0.15) is 78.1 Å². The molecule has 0 saturated carbocycles. The summed E-state index contributed by atoms with van der Waals surface area (Å²) in [5.74, 6) is 1.67. The van der Waals surface area contributed by atoms with Crippen molar-refractivity contribution >= 4 is 23.2 Å². The summed E-state index contributed by atoms with van der Waals surface area (Å²) in [6, 6.07) is 0. The highest BCUT2D eigenvalue weighted by atomic mass is 35.5. The topological polar surface area (TPSA) is 0 Å². The monoisotopic (exact) mass is 268 g/mol. The molecule has 0 atom stereocenters. The summed E-state index contributed by atoms with van der Waals surface area (Å²) in [7, 11) is 0. The van der Waals surface area contributed by atoms with Gasteiger partial charge in [-0.05, 0) is 12.8 Å². The fourth-order valence-corrected chi connectivity index (χ4v) is 1.77. The summed E-state index contributed by atoms with van der Waals surface area (Å²) in [5.41, 5.74) is 0. The molecule has 2 heteroatoms. The van der Waals surface area contributed by atoms with Crippen molar-refractivity contribution in [1.29, 1.82) is 0 Å². The minimum Gasteiger partial charge on any atom is -0.127 e. The molecule has 0 aliphatic rings. The van der Waals surface area contributed by atoms with Crippen LogP contribution in [0.3, 0.4) is 0 Å². The molecule has 0 nitrogen and oxygen atoms in total. The second-order valence-corrected chi connectivity index (χ2v) is 4.96. The van der Waals surface area contributed by atoms with Crippen LogP contribution in [0.4, 0.5) is 0 Å². The first-order valence-electron chi connectivity index (χ1n) is 6.95. The largest absolute Gasteiger partial charge is 0.127 e. The lowest BCUT2D eigenvalue weighted by molar-refractivity contribution is 0.658. The molecular weight excluding hydrogens is 239 g/mol. The maximum atomic E-state index is 5.48. The van der Waals surface area contributed by atoms with Gasteiger partial charge in [-0.15, -0.1) is 23.2 Å². The molecule has 0 saturated heterocycles. The first-order valence-corrected chi connectivity index (χ1v) is 8.02. The van der Waals surface area contributed by atoms with E-state index in [9.17, 15) is 0 Å². The lowest BCUT2D eigenvalue weighted by Gasteiger charge is -1.93. The Hall–Kier alpha value is 0.580. The third-order valence-corrected chi connectivity index (χ3v) is 3.01. The van der Waals surface area contributed by atoms with Crippen LogP contribution in [0.15, 0.2) is 0 Å². The van der Waals surface area contributed by atoms with Crippen molar-refractivity contribution in [2.24, 2.45) is 0 Å². The van der Waals surface area contributed by atoms with Crippen molar-refractivity contribution in [1.82, 2.24) is 0 Å². The van der Waals surface area contributed by atoms with Crippen LogP contribution in [0.5, 0.6) is 0 Å². The number of rotatable bonds is 10. The Bertz CT molecular complexity index is 70.7. The zero-order valence-corrected chi connectivity index (χ0v) is 12.8. The molecule has 0 aromatic heterocycles. The Balaban J connectivity index is 0. The van der Waals surface area contributed by atoms with E-state index in [1.165, 1.54) is 64.2 Å². The molecule has 0 heterocycles. The van der Waals surface area contributed by atoms with Crippen LogP contribution in [0.25, 0.3) is 0 Å². The van der Waals surface area contributed by atoms with Crippen LogP contribution in [0, 0.1) is 0 Å². The van der Waals surface area contributed by atoms with Gasteiger partial charge in [0, 0.05) is 11.8 Å². The zero-order valence-electron chi connectivity index (χ0n) is 11.2. The van der Waals surface area contributed by atoms with E-state index in [4.69, 9.17) is 23.2 Å². The molecule has 16 heavy (non-hydrogen) atoms. The fourth-order valence-electron chi connectivity index (χ4n) is 1.40. The Morgan fingerprint density at radius 1 is 0.500 bits per heavy atom. The minimum absolute atomic E-state index is 0.837. The third-order valence-electron chi connectivity index (χ3n) is 2.47. The molecule has 0 aromatic rings. The molecule has 0 unspecified atom stereocenters. The summed E-state index contributed by atoms with van der Waals surface area (Å²) in [6.45, 7) is 4.45. The molecule has 0 aromatic carbocycles. The van der Waals surface area contributed by atoms with Crippen molar-refractivity contribution in [3.63, 3.8) is 0 Å². The van der Waals surface area contributed by atoms with E-state index in [0.29, 0.717) is 0 Å². The molecule has 0 rings (SSSR count). The number of hydrogen-bond acceptors (Lipinski definition) is 0. The van der Waals surface area contributed by atoms with Gasteiger partial charge in [-0.2, -0.15) is 0 Å². The van der Waals surface area contributed by atoms with E-state index >= 15 is 0 Å². The summed E-state index contributed by atoms with van der Waals surface area (Å²) >= 11 is 11.0. The predicted molar refractivity (Wildman–Crippen MR) is 79.0 cm³/mol. The molecule has 0 N–H and O–H groups in total. The van der Waals surface area contributed by atoms with Crippen LogP contribution in [-0.4, -0.2) is 11.8 Å². The second kappa shape index (κ2) is 20.9. The molecule has 0 fully saturated rings. The van der Waals surface area contributed by atoms with Gasteiger partial charge in [0.1, 0.15) is 0 Å². The van der Waals surface area contributed by atoms with Gasteiger partial charge in [-0.3, -0.25) is 0 Å². The Kier molecular flexibility index (Phi) is 24.8. The predicted octanol–water partition coefficient (Wildman–Crippen LogP) is 6.39. The number of halogens is 2.